The van der Waals surface area contributed by atoms with Crippen molar-refractivity contribution in [2.75, 3.05) is 21.3 Å². The average Bonchev–Trinajstić information content (AvgIpc) is 2.36. The molecular weight excluding hydrogens is 244 g/mol. The summed E-state index contributed by atoms with van der Waals surface area (Å²) in [5.74, 6) is -3.17. The van der Waals surface area contributed by atoms with Gasteiger partial charge in [-0.3, -0.25) is 0 Å². The molecule has 1 aromatic rings. The number of rotatable bonds is 5. The summed E-state index contributed by atoms with van der Waals surface area (Å²) < 4.78 is 42.5. The van der Waals surface area contributed by atoms with Crippen molar-refractivity contribution >= 4 is 0 Å². The van der Waals surface area contributed by atoms with Crippen LogP contribution in [0.2, 0.25) is 0 Å². The van der Waals surface area contributed by atoms with Crippen LogP contribution in [0.1, 0.15) is 12.0 Å². The summed E-state index contributed by atoms with van der Waals surface area (Å²) in [5.41, 5.74) is -0.449. The first-order valence-corrected chi connectivity index (χ1v) is 5.05. The molecule has 4 nitrogen and oxygen atoms in total. The van der Waals surface area contributed by atoms with Crippen LogP contribution in [-0.2, 0) is 5.92 Å². The lowest BCUT2D eigenvalue weighted by molar-refractivity contribution is -0.00359. The molecule has 0 aliphatic carbocycles. The quantitative estimate of drug-likeness (QED) is 0.813. The molecule has 0 aliphatic rings. The van der Waals surface area contributed by atoms with Crippen molar-refractivity contribution in [3.63, 3.8) is 0 Å². The number of methoxy groups -OCH3 is 3. The normalized spacial score (nSPS) is 10.7. The highest BCUT2D eigenvalue weighted by atomic mass is 19.3. The summed E-state index contributed by atoms with van der Waals surface area (Å²) in [7, 11) is 3.93. The molecular formula is C12H13F2NO3. The first-order valence-electron chi connectivity index (χ1n) is 5.05. The summed E-state index contributed by atoms with van der Waals surface area (Å²) in [4.78, 5) is 0. The fourth-order valence-electron chi connectivity index (χ4n) is 1.55. The van der Waals surface area contributed by atoms with Crippen LogP contribution in [-0.4, -0.2) is 21.3 Å². The van der Waals surface area contributed by atoms with E-state index in [1.807, 2.05) is 0 Å². The molecule has 0 atom stereocenters. The van der Waals surface area contributed by atoms with Gasteiger partial charge >= 0.3 is 0 Å². The molecule has 0 aliphatic heterocycles. The van der Waals surface area contributed by atoms with E-state index in [0.29, 0.717) is 5.75 Å². The molecule has 0 amide bonds. The predicted molar refractivity (Wildman–Crippen MR) is 60.2 cm³/mol. The van der Waals surface area contributed by atoms with Crippen molar-refractivity contribution < 1.29 is 23.0 Å². The van der Waals surface area contributed by atoms with Gasteiger partial charge in [-0.05, 0) is 0 Å². The number of hydrogen-bond acceptors (Lipinski definition) is 4. The average molecular weight is 257 g/mol. The first-order chi connectivity index (χ1) is 8.50. The van der Waals surface area contributed by atoms with Crippen LogP contribution in [0.25, 0.3) is 0 Å². The minimum absolute atomic E-state index is 0.0774. The smallest absolute Gasteiger partial charge is 0.293 e. The van der Waals surface area contributed by atoms with Crippen molar-refractivity contribution in [2.45, 2.75) is 12.3 Å². The van der Waals surface area contributed by atoms with Gasteiger partial charge in [0.25, 0.3) is 5.92 Å². The van der Waals surface area contributed by atoms with Crippen LogP contribution in [0.15, 0.2) is 12.1 Å². The van der Waals surface area contributed by atoms with Crippen LogP contribution in [0, 0.1) is 11.3 Å². The molecule has 98 valence electrons. The Kier molecular flexibility index (Phi) is 4.32. The van der Waals surface area contributed by atoms with Crippen molar-refractivity contribution in [3.8, 4) is 23.3 Å². The molecule has 18 heavy (non-hydrogen) atoms. The molecule has 0 unspecified atom stereocenters. The van der Waals surface area contributed by atoms with E-state index in [0.717, 1.165) is 0 Å². The number of alkyl halides is 2. The second-order valence-corrected chi connectivity index (χ2v) is 3.45. The standard InChI is InChI=1S/C12H13F2NO3/c1-16-8-6-9(17-2)11(10(7-8)18-3)12(13,14)4-5-15/h6-7H,4H2,1-3H3. The van der Waals surface area contributed by atoms with E-state index < -0.39 is 17.9 Å². The van der Waals surface area contributed by atoms with Crippen molar-refractivity contribution in [1.29, 1.82) is 5.26 Å². The van der Waals surface area contributed by atoms with Crippen molar-refractivity contribution in [1.82, 2.24) is 0 Å². The Morgan fingerprint density at radius 1 is 1.11 bits per heavy atom. The van der Waals surface area contributed by atoms with Gasteiger partial charge in [0.2, 0.25) is 0 Å². The van der Waals surface area contributed by atoms with Gasteiger partial charge in [-0.15, -0.1) is 0 Å². The number of nitriles is 1. The van der Waals surface area contributed by atoms with Gasteiger partial charge in [0, 0.05) is 12.1 Å². The van der Waals surface area contributed by atoms with E-state index in [1.54, 1.807) is 0 Å². The highest BCUT2D eigenvalue weighted by Crippen LogP contribution is 2.45. The van der Waals surface area contributed by atoms with Gasteiger partial charge in [-0.2, -0.15) is 14.0 Å². The Labute approximate surface area is 104 Å². The minimum Gasteiger partial charge on any atom is -0.496 e. The molecule has 0 fully saturated rings. The zero-order valence-corrected chi connectivity index (χ0v) is 10.3. The topological polar surface area (TPSA) is 51.5 Å². The number of ether oxygens (including phenoxy) is 3. The fourth-order valence-corrected chi connectivity index (χ4v) is 1.55. The van der Waals surface area contributed by atoms with Crippen LogP contribution >= 0.6 is 0 Å². The van der Waals surface area contributed by atoms with Crippen LogP contribution in [0.3, 0.4) is 0 Å². The summed E-state index contributed by atoms with van der Waals surface area (Å²) >= 11 is 0. The summed E-state index contributed by atoms with van der Waals surface area (Å²) in [5, 5.41) is 8.45. The second-order valence-electron chi connectivity index (χ2n) is 3.45. The minimum atomic E-state index is -3.35. The van der Waals surface area contributed by atoms with E-state index in [4.69, 9.17) is 19.5 Å². The van der Waals surface area contributed by atoms with Crippen LogP contribution in [0.5, 0.6) is 17.2 Å². The van der Waals surface area contributed by atoms with Crippen LogP contribution < -0.4 is 14.2 Å². The molecule has 0 heterocycles. The van der Waals surface area contributed by atoms with E-state index >= 15 is 0 Å². The number of nitrogens with zero attached hydrogens (tertiary/aromatic N) is 1. The van der Waals surface area contributed by atoms with E-state index in [-0.39, 0.29) is 11.5 Å². The maximum absolute atomic E-state index is 13.9. The maximum Gasteiger partial charge on any atom is 0.293 e. The number of halogens is 2. The summed E-state index contributed by atoms with van der Waals surface area (Å²) in [6.07, 6.45) is -0.952. The molecule has 1 aromatic carbocycles. The van der Waals surface area contributed by atoms with Gasteiger partial charge in [0.1, 0.15) is 29.2 Å². The molecule has 0 saturated heterocycles. The Bertz CT molecular complexity index is 444. The monoisotopic (exact) mass is 257 g/mol. The van der Waals surface area contributed by atoms with Crippen molar-refractivity contribution in [2.24, 2.45) is 0 Å². The molecule has 0 bridgehead atoms. The first kappa shape index (κ1) is 14.0. The zero-order valence-electron chi connectivity index (χ0n) is 10.3. The highest BCUT2D eigenvalue weighted by molar-refractivity contribution is 5.53. The molecule has 0 N–H and O–H groups in total. The molecule has 0 spiro atoms. The third kappa shape index (κ3) is 2.62. The van der Waals surface area contributed by atoms with Gasteiger partial charge < -0.3 is 14.2 Å². The van der Waals surface area contributed by atoms with Crippen LogP contribution in [0.4, 0.5) is 8.78 Å². The zero-order chi connectivity index (χ0) is 13.8. The Hall–Kier alpha value is -2.03. The Morgan fingerprint density at radius 2 is 1.61 bits per heavy atom. The number of benzene rings is 1. The lowest BCUT2D eigenvalue weighted by Gasteiger charge is -2.20. The lowest BCUT2D eigenvalue weighted by Crippen LogP contribution is -2.15. The molecule has 0 radical (unpaired) electrons. The predicted octanol–water partition coefficient (Wildman–Crippen LogP) is 2.72. The molecule has 0 saturated carbocycles. The van der Waals surface area contributed by atoms with Gasteiger partial charge in [-0.25, -0.2) is 0 Å². The van der Waals surface area contributed by atoms with E-state index in [1.165, 1.54) is 39.5 Å². The van der Waals surface area contributed by atoms with E-state index in [9.17, 15) is 8.78 Å². The third-order valence-electron chi connectivity index (χ3n) is 2.38. The third-order valence-corrected chi connectivity index (χ3v) is 2.38. The highest BCUT2D eigenvalue weighted by Gasteiger charge is 2.38. The second kappa shape index (κ2) is 5.54. The maximum atomic E-state index is 13.9. The Morgan fingerprint density at radius 3 is 1.94 bits per heavy atom. The molecule has 6 heteroatoms. The van der Waals surface area contributed by atoms with Gasteiger partial charge in [0.15, 0.2) is 0 Å². The molecule has 0 aromatic heterocycles. The van der Waals surface area contributed by atoms with Crippen molar-refractivity contribution in [3.05, 3.63) is 17.7 Å². The largest absolute Gasteiger partial charge is 0.496 e. The number of hydrogen-bond donors (Lipinski definition) is 0. The Balaban J connectivity index is 3.45. The van der Waals surface area contributed by atoms with E-state index in [2.05, 4.69) is 0 Å². The summed E-state index contributed by atoms with van der Waals surface area (Å²) in [6.45, 7) is 0. The fraction of sp³-hybridized carbons (Fsp3) is 0.417. The van der Waals surface area contributed by atoms with Gasteiger partial charge in [0.05, 0.1) is 27.4 Å². The van der Waals surface area contributed by atoms with Gasteiger partial charge in [-0.1, -0.05) is 0 Å². The molecule has 1 rings (SSSR count). The SMILES string of the molecule is COc1cc(OC)c(C(F)(F)CC#N)c(OC)c1. The lowest BCUT2D eigenvalue weighted by atomic mass is 10.0. The summed E-state index contributed by atoms with van der Waals surface area (Å²) in [6, 6.07) is 4.09.